The maximum atomic E-state index is 12.4. The fraction of sp³-hybridized carbons (Fsp3) is 0.667. The van der Waals surface area contributed by atoms with Crippen LogP contribution in [0.2, 0.25) is 0 Å². The summed E-state index contributed by atoms with van der Waals surface area (Å²) in [6.07, 6.45) is 7.11. The molecule has 112 valence electrons. The van der Waals surface area contributed by atoms with Gasteiger partial charge in [0, 0.05) is 18.0 Å². The van der Waals surface area contributed by atoms with E-state index in [0.717, 1.165) is 17.7 Å². The summed E-state index contributed by atoms with van der Waals surface area (Å²) in [6.45, 7) is 0.414. The van der Waals surface area contributed by atoms with Crippen molar-refractivity contribution in [1.29, 1.82) is 0 Å². The first-order valence-corrected chi connectivity index (χ1v) is 8.20. The fourth-order valence-corrected chi connectivity index (χ4v) is 3.88. The van der Waals surface area contributed by atoms with Gasteiger partial charge in [-0.05, 0) is 37.3 Å². The largest absolute Gasteiger partial charge is 0.395 e. The Morgan fingerprint density at radius 1 is 1.10 bits per heavy atom. The number of aliphatic hydroxyl groups excluding tert-OH is 2. The Morgan fingerprint density at radius 2 is 1.75 bits per heavy atom. The first-order chi connectivity index (χ1) is 9.76. The van der Waals surface area contributed by atoms with Crippen molar-refractivity contribution in [3.8, 4) is 0 Å². The minimum Gasteiger partial charge on any atom is -0.395 e. The van der Waals surface area contributed by atoms with Crippen molar-refractivity contribution in [3.63, 3.8) is 0 Å². The molecule has 20 heavy (non-hydrogen) atoms. The van der Waals surface area contributed by atoms with E-state index in [0.29, 0.717) is 0 Å². The van der Waals surface area contributed by atoms with E-state index in [-0.39, 0.29) is 32.2 Å². The molecule has 2 N–H and O–H groups in total. The quantitative estimate of drug-likeness (QED) is 0.872. The Kier molecular flexibility index (Phi) is 6.01. The second-order valence-electron chi connectivity index (χ2n) is 5.21. The molecule has 4 nitrogen and oxygen atoms in total. The van der Waals surface area contributed by atoms with Crippen molar-refractivity contribution in [2.75, 3.05) is 26.3 Å². The number of aliphatic hydroxyl groups is 2. The van der Waals surface area contributed by atoms with Gasteiger partial charge >= 0.3 is 0 Å². The number of hydrogen-bond acceptors (Lipinski definition) is 4. The maximum Gasteiger partial charge on any atom is 0.264 e. The van der Waals surface area contributed by atoms with E-state index in [1.165, 1.54) is 41.0 Å². The van der Waals surface area contributed by atoms with Crippen LogP contribution in [-0.4, -0.2) is 47.3 Å². The summed E-state index contributed by atoms with van der Waals surface area (Å²) in [6, 6.07) is 2.02. The highest BCUT2D eigenvalue weighted by atomic mass is 32.1. The van der Waals surface area contributed by atoms with Crippen molar-refractivity contribution in [2.45, 2.75) is 38.5 Å². The van der Waals surface area contributed by atoms with Gasteiger partial charge in [0.05, 0.1) is 18.1 Å². The van der Waals surface area contributed by atoms with E-state index in [2.05, 4.69) is 0 Å². The number of nitrogens with zero attached hydrogens (tertiary/aromatic N) is 1. The molecular formula is C15H23NO3S. The summed E-state index contributed by atoms with van der Waals surface area (Å²) in [7, 11) is 0. The lowest BCUT2D eigenvalue weighted by Crippen LogP contribution is -2.35. The van der Waals surface area contributed by atoms with E-state index < -0.39 is 0 Å². The Hall–Kier alpha value is -0.910. The Labute approximate surface area is 124 Å². The van der Waals surface area contributed by atoms with Gasteiger partial charge < -0.3 is 15.1 Å². The molecule has 0 aliphatic heterocycles. The van der Waals surface area contributed by atoms with Gasteiger partial charge in [-0.25, -0.2) is 0 Å². The summed E-state index contributed by atoms with van der Waals surface area (Å²) in [5.41, 5.74) is 1.32. The second-order valence-corrected chi connectivity index (χ2v) is 6.35. The molecule has 0 fully saturated rings. The molecule has 1 heterocycles. The molecule has 0 radical (unpaired) electrons. The molecule has 0 saturated heterocycles. The average Bonchev–Trinajstić information content (AvgIpc) is 2.80. The number of hydrogen-bond donors (Lipinski definition) is 2. The molecule has 2 rings (SSSR count). The van der Waals surface area contributed by atoms with Crippen molar-refractivity contribution in [2.24, 2.45) is 0 Å². The van der Waals surface area contributed by atoms with Crippen LogP contribution in [0, 0.1) is 0 Å². The number of aryl methyl sites for hydroxylation is 2. The highest BCUT2D eigenvalue weighted by Crippen LogP contribution is 2.29. The van der Waals surface area contributed by atoms with Gasteiger partial charge in [-0.2, -0.15) is 0 Å². The van der Waals surface area contributed by atoms with E-state index in [9.17, 15) is 4.79 Å². The first kappa shape index (κ1) is 15.5. The molecule has 1 aliphatic carbocycles. The van der Waals surface area contributed by atoms with Crippen LogP contribution < -0.4 is 0 Å². The highest BCUT2D eigenvalue weighted by molar-refractivity contribution is 7.14. The Bertz CT molecular complexity index is 413. The van der Waals surface area contributed by atoms with E-state index in [1.807, 2.05) is 6.07 Å². The number of thiophene rings is 1. The normalized spacial score (nSPS) is 15.3. The van der Waals surface area contributed by atoms with Crippen LogP contribution in [0.4, 0.5) is 0 Å². The number of fused-ring (bicyclic) bond motifs is 1. The number of amides is 1. The van der Waals surface area contributed by atoms with E-state index in [4.69, 9.17) is 10.2 Å². The van der Waals surface area contributed by atoms with Crippen molar-refractivity contribution in [3.05, 3.63) is 21.4 Å². The van der Waals surface area contributed by atoms with Crippen molar-refractivity contribution < 1.29 is 15.0 Å². The van der Waals surface area contributed by atoms with Gasteiger partial charge in [0.1, 0.15) is 0 Å². The lowest BCUT2D eigenvalue weighted by atomic mass is 10.00. The monoisotopic (exact) mass is 297 g/mol. The molecule has 0 saturated carbocycles. The minimum absolute atomic E-state index is 0.0650. The molecule has 0 spiro atoms. The molecule has 0 aromatic carbocycles. The SMILES string of the molecule is O=C(c1cc2c(s1)CCCCCC2)N(CCO)CCO. The van der Waals surface area contributed by atoms with Crippen LogP contribution in [0.25, 0.3) is 0 Å². The third kappa shape index (κ3) is 3.81. The highest BCUT2D eigenvalue weighted by Gasteiger charge is 2.20. The number of carbonyl (C=O) groups is 1. The maximum absolute atomic E-state index is 12.4. The first-order valence-electron chi connectivity index (χ1n) is 7.39. The van der Waals surface area contributed by atoms with E-state index >= 15 is 0 Å². The molecule has 1 aromatic heterocycles. The minimum atomic E-state index is -0.0726. The summed E-state index contributed by atoms with van der Waals surface area (Å²) in [5.74, 6) is -0.0650. The van der Waals surface area contributed by atoms with Crippen molar-refractivity contribution >= 4 is 17.2 Å². The van der Waals surface area contributed by atoms with Gasteiger partial charge in [0.15, 0.2) is 0 Å². The molecule has 0 atom stereocenters. The lowest BCUT2D eigenvalue weighted by molar-refractivity contribution is 0.0689. The molecular weight excluding hydrogens is 274 g/mol. The second kappa shape index (κ2) is 7.76. The summed E-state index contributed by atoms with van der Waals surface area (Å²) in [5, 5.41) is 18.0. The molecule has 1 amide bonds. The van der Waals surface area contributed by atoms with Crippen LogP contribution in [0.15, 0.2) is 6.07 Å². The number of carbonyl (C=O) groups excluding carboxylic acids is 1. The van der Waals surface area contributed by atoms with Crippen LogP contribution in [0.1, 0.15) is 45.8 Å². The van der Waals surface area contributed by atoms with Crippen LogP contribution in [0.3, 0.4) is 0 Å². The summed E-state index contributed by atoms with van der Waals surface area (Å²) >= 11 is 1.59. The summed E-state index contributed by atoms with van der Waals surface area (Å²) < 4.78 is 0. The van der Waals surface area contributed by atoms with Crippen molar-refractivity contribution in [1.82, 2.24) is 4.90 Å². The average molecular weight is 297 g/mol. The lowest BCUT2D eigenvalue weighted by Gasteiger charge is -2.19. The molecule has 5 heteroatoms. The van der Waals surface area contributed by atoms with Crippen LogP contribution in [-0.2, 0) is 12.8 Å². The summed E-state index contributed by atoms with van der Waals surface area (Å²) in [4.78, 5) is 16.1. The zero-order valence-electron chi connectivity index (χ0n) is 11.8. The van der Waals surface area contributed by atoms with Gasteiger partial charge in [-0.15, -0.1) is 11.3 Å². The molecule has 0 bridgehead atoms. The third-order valence-electron chi connectivity index (χ3n) is 3.73. The predicted molar refractivity (Wildman–Crippen MR) is 80.3 cm³/mol. The Balaban J connectivity index is 2.14. The third-order valence-corrected chi connectivity index (χ3v) is 4.96. The molecule has 1 aliphatic rings. The van der Waals surface area contributed by atoms with Gasteiger partial charge in [-0.1, -0.05) is 12.8 Å². The van der Waals surface area contributed by atoms with Gasteiger partial charge in [-0.3, -0.25) is 4.79 Å². The van der Waals surface area contributed by atoms with E-state index in [1.54, 1.807) is 11.3 Å². The fourth-order valence-electron chi connectivity index (χ4n) is 2.66. The number of rotatable bonds is 5. The molecule has 0 unspecified atom stereocenters. The standard InChI is InChI=1S/C15H23NO3S/c17-9-7-16(8-10-18)15(19)14-11-12-5-3-1-2-4-6-13(12)20-14/h11,17-18H,1-10H2. The van der Waals surface area contributed by atoms with Gasteiger partial charge in [0.25, 0.3) is 5.91 Å². The van der Waals surface area contributed by atoms with Gasteiger partial charge in [0.2, 0.25) is 0 Å². The van der Waals surface area contributed by atoms with Crippen LogP contribution in [0.5, 0.6) is 0 Å². The van der Waals surface area contributed by atoms with Crippen LogP contribution >= 0.6 is 11.3 Å². The molecule has 1 aromatic rings. The topological polar surface area (TPSA) is 60.8 Å². The Morgan fingerprint density at radius 3 is 2.40 bits per heavy atom. The predicted octanol–water partition coefficient (Wildman–Crippen LogP) is 1.83. The zero-order chi connectivity index (χ0) is 14.4. The zero-order valence-corrected chi connectivity index (χ0v) is 12.6. The smallest absolute Gasteiger partial charge is 0.264 e.